The van der Waals surface area contributed by atoms with Crippen LogP contribution in [0.1, 0.15) is 36.2 Å². The summed E-state index contributed by atoms with van der Waals surface area (Å²) in [6, 6.07) is 5.57. The molecular formula is C18H19NO5S2. The molecule has 1 saturated heterocycles. The van der Waals surface area contributed by atoms with Crippen LogP contribution in [0.2, 0.25) is 0 Å². The van der Waals surface area contributed by atoms with Gasteiger partial charge in [0.2, 0.25) is 0 Å². The number of aliphatic carboxylic acids is 1. The number of methoxy groups -OCH3 is 1. The van der Waals surface area contributed by atoms with E-state index in [0.29, 0.717) is 22.5 Å². The molecule has 8 heteroatoms. The molecule has 26 heavy (non-hydrogen) atoms. The van der Waals surface area contributed by atoms with Gasteiger partial charge in [-0.1, -0.05) is 56.4 Å². The van der Waals surface area contributed by atoms with Crippen LogP contribution in [0.15, 0.2) is 29.2 Å². The molecule has 2 unspecified atom stereocenters. The van der Waals surface area contributed by atoms with Crippen LogP contribution in [0.4, 0.5) is 0 Å². The first-order chi connectivity index (χ1) is 12.3. The van der Waals surface area contributed by atoms with Gasteiger partial charge in [-0.25, -0.2) is 9.59 Å². The highest BCUT2D eigenvalue weighted by atomic mass is 32.2. The lowest BCUT2D eigenvalue weighted by atomic mass is 9.98. The molecule has 0 saturated carbocycles. The first-order valence-electron chi connectivity index (χ1n) is 7.98. The lowest BCUT2D eigenvalue weighted by Crippen LogP contribution is -2.47. The lowest BCUT2D eigenvalue weighted by molar-refractivity contribution is -0.147. The van der Waals surface area contributed by atoms with Crippen molar-refractivity contribution in [2.24, 2.45) is 5.92 Å². The van der Waals surface area contributed by atoms with Crippen LogP contribution in [0.3, 0.4) is 0 Å². The number of rotatable bonds is 6. The SMILES string of the molecule is CCC(C)C(C(=O)O)N1C(=O)/C(=C/c2ccc(C(=O)OC)cc2)SC1=S. The summed E-state index contributed by atoms with van der Waals surface area (Å²) in [5.74, 6) is -2.15. The minimum Gasteiger partial charge on any atom is -0.480 e. The summed E-state index contributed by atoms with van der Waals surface area (Å²) in [7, 11) is 1.30. The number of thioether (sulfide) groups is 1. The molecule has 138 valence electrons. The Kier molecular flexibility index (Phi) is 6.55. The summed E-state index contributed by atoms with van der Waals surface area (Å²) in [6.45, 7) is 3.66. The Bertz CT molecular complexity index is 772. The molecule has 0 radical (unpaired) electrons. The molecule has 1 N–H and O–H groups in total. The van der Waals surface area contributed by atoms with E-state index >= 15 is 0 Å². The fourth-order valence-electron chi connectivity index (χ4n) is 2.54. The van der Waals surface area contributed by atoms with Crippen molar-refractivity contribution in [2.45, 2.75) is 26.3 Å². The zero-order valence-electron chi connectivity index (χ0n) is 14.6. The molecule has 1 aliphatic rings. The van der Waals surface area contributed by atoms with Crippen LogP contribution in [0.25, 0.3) is 6.08 Å². The number of carboxylic acids is 1. The van der Waals surface area contributed by atoms with Crippen molar-refractivity contribution in [3.8, 4) is 0 Å². The average Bonchev–Trinajstić information content (AvgIpc) is 2.89. The molecule has 0 aliphatic carbocycles. The monoisotopic (exact) mass is 393 g/mol. The van der Waals surface area contributed by atoms with E-state index in [9.17, 15) is 19.5 Å². The lowest BCUT2D eigenvalue weighted by Gasteiger charge is -2.27. The average molecular weight is 393 g/mol. The van der Waals surface area contributed by atoms with Gasteiger partial charge in [0.1, 0.15) is 10.4 Å². The Balaban J connectivity index is 2.28. The molecule has 1 aromatic carbocycles. The molecule has 2 rings (SSSR count). The van der Waals surface area contributed by atoms with Gasteiger partial charge in [-0.2, -0.15) is 0 Å². The number of benzene rings is 1. The third kappa shape index (κ3) is 4.13. The van der Waals surface area contributed by atoms with Gasteiger partial charge in [0.15, 0.2) is 0 Å². The van der Waals surface area contributed by atoms with Gasteiger partial charge in [0.25, 0.3) is 5.91 Å². The van der Waals surface area contributed by atoms with Gasteiger partial charge in [0.05, 0.1) is 17.6 Å². The number of carbonyl (C=O) groups is 3. The highest BCUT2D eigenvalue weighted by molar-refractivity contribution is 8.26. The number of carbonyl (C=O) groups excluding carboxylic acids is 2. The van der Waals surface area contributed by atoms with E-state index in [2.05, 4.69) is 4.74 Å². The first kappa shape index (κ1) is 20.1. The van der Waals surface area contributed by atoms with Crippen molar-refractivity contribution < 1.29 is 24.2 Å². The Morgan fingerprint density at radius 3 is 2.46 bits per heavy atom. The van der Waals surface area contributed by atoms with Gasteiger partial charge >= 0.3 is 11.9 Å². The summed E-state index contributed by atoms with van der Waals surface area (Å²) in [5, 5.41) is 9.53. The summed E-state index contributed by atoms with van der Waals surface area (Å²) in [4.78, 5) is 37.4. The third-order valence-electron chi connectivity index (χ3n) is 4.17. The molecule has 0 bridgehead atoms. The van der Waals surface area contributed by atoms with E-state index in [-0.39, 0.29) is 10.2 Å². The van der Waals surface area contributed by atoms with E-state index in [4.69, 9.17) is 12.2 Å². The second-order valence-corrected chi connectivity index (χ2v) is 7.51. The van der Waals surface area contributed by atoms with E-state index in [1.165, 1.54) is 12.0 Å². The molecule has 1 aromatic rings. The Morgan fingerprint density at radius 1 is 1.35 bits per heavy atom. The normalized spacial score (nSPS) is 18.1. The number of nitrogens with zero attached hydrogens (tertiary/aromatic N) is 1. The maximum Gasteiger partial charge on any atom is 0.337 e. The zero-order chi connectivity index (χ0) is 19.4. The standard InChI is InChI=1S/C18H19NO5S2/c1-4-10(2)14(16(21)22)19-15(20)13(26-18(19)25)9-11-5-7-12(8-6-11)17(23)24-3/h5-10,14H,4H2,1-3H3,(H,21,22)/b13-9-. The van der Waals surface area contributed by atoms with Crippen LogP contribution in [0.5, 0.6) is 0 Å². The molecule has 6 nitrogen and oxygen atoms in total. The van der Waals surface area contributed by atoms with Crippen LogP contribution in [-0.2, 0) is 14.3 Å². The number of ether oxygens (including phenoxy) is 1. The fraction of sp³-hybridized carbons (Fsp3) is 0.333. The highest BCUT2D eigenvalue weighted by Gasteiger charge is 2.42. The number of hydrogen-bond donors (Lipinski definition) is 1. The van der Waals surface area contributed by atoms with Crippen LogP contribution in [0, 0.1) is 5.92 Å². The molecule has 1 heterocycles. The molecule has 2 atom stereocenters. The maximum atomic E-state index is 12.7. The predicted molar refractivity (Wildman–Crippen MR) is 104 cm³/mol. The fourth-order valence-corrected chi connectivity index (χ4v) is 3.87. The Labute approximate surface area is 161 Å². The van der Waals surface area contributed by atoms with Crippen LogP contribution >= 0.6 is 24.0 Å². The first-order valence-corrected chi connectivity index (χ1v) is 9.20. The smallest absolute Gasteiger partial charge is 0.337 e. The van der Waals surface area contributed by atoms with Crippen LogP contribution in [-0.4, -0.2) is 45.3 Å². The predicted octanol–water partition coefficient (Wildman–Crippen LogP) is 3.17. The zero-order valence-corrected chi connectivity index (χ0v) is 16.2. The summed E-state index contributed by atoms with van der Waals surface area (Å²) < 4.78 is 4.88. The molecule has 0 spiro atoms. The van der Waals surface area contributed by atoms with Crippen molar-refractivity contribution in [1.29, 1.82) is 0 Å². The van der Waals surface area contributed by atoms with Crippen LogP contribution < -0.4 is 0 Å². The number of hydrogen-bond acceptors (Lipinski definition) is 6. The maximum absolute atomic E-state index is 12.7. The van der Waals surface area contributed by atoms with E-state index in [0.717, 1.165) is 11.8 Å². The number of thiocarbonyl (C=S) groups is 1. The van der Waals surface area contributed by atoms with Gasteiger partial charge < -0.3 is 9.84 Å². The van der Waals surface area contributed by atoms with Gasteiger partial charge in [-0.15, -0.1) is 0 Å². The van der Waals surface area contributed by atoms with E-state index in [1.54, 1.807) is 37.3 Å². The number of esters is 1. The van der Waals surface area contributed by atoms with Crippen molar-refractivity contribution in [3.05, 3.63) is 40.3 Å². The Morgan fingerprint density at radius 2 is 1.96 bits per heavy atom. The molecule has 1 fully saturated rings. The second kappa shape index (κ2) is 8.46. The molecular weight excluding hydrogens is 374 g/mol. The number of amides is 1. The summed E-state index contributed by atoms with van der Waals surface area (Å²) in [6.07, 6.45) is 2.25. The van der Waals surface area contributed by atoms with Gasteiger partial charge in [-0.3, -0.25) is 9.69 Å². The number of carboxylic acid groups (broad SMARTS) is 1. The topological polar surface area (TPSA) is 83.9 Å². The third-order valence-corrected chi connectivity index (χ3v) is 5.50. The summed E-state index contributed by atoms with van der Waals surface area (Å²) in [5.41, 5.74) is 1.11. The summed E-state index contributed by atoms with van der Waals surface area (Å²) >= 11 is 6.33. The highest BCUT2D eigenvalue weighted by Crippen LogP contribution is 2.36. The van der Waals surface area contributed by atoms with Crippen molar-refractivity contribution in [2.75, 3.05) is 7.11 Å². The minimum atomic E-state index is -1.07. The van der Waals surface area contributed by atoms with Crippen molar-refractivity contribution in [3.63, 3.8) is 0 Å². The largest absolute Gasteiger partial charge is 0.480 e. The Hall–Kier alpha value is -2.19. The van der Waals surface area contributed by atoms with E-state index < -0.39 is 23.9 Å². The van der Waals surface area contributed by atoms with Gasteiger partial charge in [-0.05, 0) is 29.7 Å². The van der Waals surface area contributed by atoms with Crippen molar-refractivity contribution >= 4 is 52.2 Å². The second-order valence-electron chi connectivity index (χ2n) is 5.83. The molecule has 1 aliphatic heterocycles. The quantitative estimate of drug-likeness (QED) is 0.451. The molecule has 0 aromatic heterocycles. The van der Waals surface area contributed by atoms with E-state index in [1.807, 2.05) is 6.92 Å². The molecule has 1 amide bonds. The minimum absolute atomic E-state index is 0.228. The van der Waals surface area contributed by atoms with Crippen molar-refractivity contribution in [1.82, 2.24) is 4.90 Å². The van der Waals surface area contributed by atoms with Gasteiger partial charge in [0, 0.05) is 0 Å².